The molecule has 5 heteroatoms. The lowest BCUT2D eigenvalue weighted by molar-refractivity contribution is 0.0616. The van der Waals surface area contributed by atoms with Crippen LogP contribution in [0.2, 0.25) is 0 Å². The summed E-state index contributed by atoms with van der Waals surface area (Å²) in [6, 6.07) is 7.89. The summed E-state index contributed by atoms with van der Waals surface area (Å²) < 4.78 is 5.16. The zero-order valence-corrected chi connectivity index (χ0v) is 12.4. The van der Waals surface area contributed by atoms with Crippen LogP contribution in [0.25, 0.3) is 0 Å². The molecule has 0 saturated carbocycles. The van der Waals surface area contributed by atoms with Crippen molar-refractivity contribution in [1.29, 1.82) is 0 Å². The van der Waals surface area contributed by atoms with Crippen LogP contribution in [0, 0.1) is 0 Å². The lowest BCUT2D eigenvalue weighted by Crippen LogP contribution is -2.56. The normalized spacial score (nSPS) is 22.6. The van der Waals surface area contributed by atoms with Gasteiger partial charge in [-0.2, -0.15) is 0 Å². The van der Waals surface area contributed by atoms with Gasteiger partial charge in [0.25, 0.3) is 5.91 Å². The van der Waals surface area contributed by atoms with Gasteiger partial charge in [0.05, 0.1) is 7.11 Å². The van der Waals surface area contributed by atoms with Gasteiger partial charge in [-0.15, -0.1) is 12.4 Å². The molecule has 1 aromatic carbocycles. The Hall–Kier alpha value is -1.26. The number of amides is 1. The van der Waals surface area contributed by atoms with E-state index in [4.69, 9.17) is 4.74 Å². The highest BCUT2D eigenvalue weighted by Gasteiger charge is 2.27. The molecule has 2 rings (SSSR count). The summed E-state index contributed by atoms with van der Waals surface area (Å²) in [6.07, 6.45) is 0. The number of carbonyl (C=O) groups excluding carboxylic acids is 1. The van der Waals surface area contributed by atoms with Crippen molar-refractivity contribution >= 4 is 18.3 Å². The molecule has 2 unspecified atom stereocenters. The molecule has 1 aromatic rings. The van der Waals surface area contributed by atoms with Gasteiger partial charge < -0.3 is 15.0 Å². The fraction of sp³-hybridized carbons (Fsp3) is 0.500. The van der Waals surface area contributed by atoms with Crippen LogP contribution in [0.3, 0.4) is 0 Å². The molecule has 0 radical (unpaired) electrons. The van der Waals surface area contributed by atoms with E-state index in [2.05, 4.69) is 19.2 Å². The molecule has 0 aromatic heterocycles. The van der Waals surface area contributed by atoms with Gasteiger partial charge in [-0.1, -0.05) is 6.07 Å². The van der Waals surface area contributed by atoms with Crippen LogP contribution in [0.5, 0.6) is 5.75 Å². The number of nitrogens with one attached hydrogen (secondary N) is 1. The first-order chi connectivity index (χ1) is 8.61. The minimum atomic E-state index is 0. The third-order valence-electron chi connectivity index (χ3n) is 3.34. The second kappa shape index (κ2) is 6.78. The summed E-state index contributed by atoms with van der Waals surface area (Å²) in [5, 5.41) is 3.37. The molecule has 0 aliphatic carbocycles. The van der Waals surface area contributed by atoms with Crippen LogP contribution >= 0.6 is 12.4 Å². The van der Waals surface area contributed by atoms with Crippen molar-refractivity contribution in [2.24, 2.45) is 0 Å². The predicted octanol–water partition coefficient (Wildman–Crippen LogP) is 1.94. The lowest BCUT2D eigenvalue weighted by atomic mass is 10.1. The average Bonchev–Trinajstić information content (AvgIpc) is 2.41. The van der Waals surface area contributed by atoms with E-state index in [0.29, 0.717) is 11.6 Å². The number of rotatable bonds is 2. The number of halogens is 1. The first-order valence-corrected chi connectivity index (χ1v) is 6.30. The molecule has 0 spiro atoms. The molecule has 1 aliphatic rings. The Balaban J connectivity index is 0.00000180. The Bertz CT molecular complexity index is 439. The maximum Gasteiger partial charge on any atom is 0.254 e. The van der Waals surface area contributed by atoms with Crippen LogP contribution in [0.15, 0.2) is 24.3 Å². The molecule has 1 N–H and O–H groups in total. The molecule has 1 aliphatic heterocycles. The van der Waals surface area contributed by atoms with Crippen molar-refractivity contribution in [3.05, 3.63) is 29.8 Å². The Morgan fingerprint density at radius 3 is 2.84 bits per heavy atom. The Labute approximate surface area is 120 Å². The second-order valence-electron chi connectivity index (χ2n) is 4.85. The average molecular weight is 285 g/mol. The van der Waals surface area contributed by atoms with E-state index in [-0.39, 0.29) is 24.4 Å². The van der Waals surface area contributed by atoms with Crippen molar-refractivity contribution in [1.82, 2.24) is 10.2 Å². The number of hydrogen-bond donors (Lipinski definition) is 1. The molecule has 106 valence electrons. The van der Waals surface area contributed by atoms with Gasteiger partial charge >= 0.3 is 0 Å². The summed E-state index contributed by atoms with van der Waals surface area (Å²) in [6.45, 7) is 5.75. The zero-order chi connectivity index (χ0) is 13.1. The first-order valence-electron chi connectivity index (χ1n) is 6.30. The van der Waals surface area contributed by atoms with E-state index in [1.54, 1.807) is 13.2 Å². The van der Waals surface area contributed by atoms with Crippen LogP contribution in [0.1, 0.15) is 24.2 Å². The second-order valence-corrected chi connectivity index (χ2v) is 4.85. The summed E-state index contributed by atoms with van der Waals surface area (Å²) in [4.78, 5) is 14.4. The number of ether oxygens (including phenoxy) is 1. The standard InChI is InChI=1S/C14H20N2O2.ClH/c1-10-9-16(11(2)8-15-10)14(17)12-5-4-6-13(7-12)18-3;/h4-7,10-11,15H,8-9H2,1-3H3;1H. The highest BCUT2D eigenvalue weighted by molar-refractivity contribution is 5.95. The molecule has 1 fully saturated rings. The van der Waals surface area contributed by atoms with Crippen molar-refractivity contribution in [3.8, 4) is 5.75 Å². The fourth-order valence-electron chi connectivity index (χ4n) is 2.23. The molecule has 0 bridgehead atoms. The number of piperazine rings is 1. The smallest absolute Gasteiger partial charge is 0.254 e. The van der Waals surface area contributed by atoms with E-state index in [9.17, 15) is 4.79 Å². The summed E-state index contributed by atoms with van der Waals surface area (Å²) >= 11 is 0. The maximum absolute atomic E-state index is 12.5. The molecule has 1 heterocycles. The van der Waals surface area contributed by atoms with Gasteiger partial charge in [0.15, 0.2) is 0 Å². The molecule has 2 atom stereocenters. The van der Waals surface area contributed by atoms with E-state index in [1.165, 1.54) is 0 Å². The Morgan fingerprint density at radius 2 is 2.16 bits per heavy atom. The van der Waals surface area contributed by atoms with Crippen LogP contribution in [0.4, 0.5) is 0 Å². The highest BCUT2D eigenvalue weighted by atomic mass is 35.5. The van der Waals surface area contributed by atoms with Crippen molar-refractivity contribution in [2.45, 2.75) is 25.9 Å². The SMILES string of the molecule is COc1cccc(C(=O)N2CC(C)NCC2C)c1.Cl. The quantitative estimate of drug-likeness (QED) is 0.902. The summed E-state index contributed by atoms with van der Waals surface area (Å²) in [5.74, 6) is 0.798. The highest BCUT2D eigenvalue weighted by Crippen LogP contribution is 2.17. The van der Waals surface area contributed by atoms with Gasteiger partial charge in [0.2, 0.25) is 0 Å². The largest absolute Gasteiger partial charge is 0.497 e. The van der Waals surface area contributed by atoms with E-state index in [1.807, 2.05) is 23.1 Å². The maximum atomic E-state index is 12.5. The molecule has 4 nitrogen and oxygen atoms in total. The van der Waals surface area contributed by atoms with E-state index < -0.39 is 0 Å². The molecule has 1 saturated heterocycles. The molecular formula is C14H21ClN2O2. The zero-order valence-electron chi connectivity index (χ0n) is 11.6. The number of benzene rings is 1. The van der Waals surface area contributed by atoms with Crippen molar-refractivity contribution < 1.29 is 9.53 Å². The van der Waals surface area contributed by atoms with Crippen LogP contribution in [-0.4, -0.2) is 43.1 Å². The van der Waals surface area contributed by atoms with Crippen LogP contribution in [-0.2, 0) is 0 Å². The minimum Gasteiger partial charge on any atom is -0.497 e. The van der Waals surface area contributed by atoms with E-state index in [0.717, 1.165) is 18.8 Å². The van der Waals surface area contributed by atoms with Gasteiger partial charge in [0.1, 0.15) is 5.75 Å². The van der Waals surface area contributed by atoms with Gasteiger partial charge in [0, 0.05) is 30.7 Å². The number of hydrogen-bond acceptors (Lipinski definition) is 3. The van der Waals surface area contributed by atoms with Crippen LogP contribution < -0.4 is 10.1 Å². The minimum absolute atomic E-state index is 0. The fourth-order valence-corrected chi connectivity index (χ4v) is 2.23. The topological polar surface area (TPSA) is 41.6 Å². The number of carbonyl (C=O) groups is 1. The number of nitrogens with zero attached hydrogens (tertiary/aromatic N) is 1. The Kier molecular flexibility index (Phi) is 5.63. The van der Waals surface area contributed by atoms with Gasteiger partial charge in [-0.3, -0.25) is 4.79 Å². The first kappa shape index (κ1) is 15.8. The molecule has 19 heavy (non-hydrogen) atoms. The van der Waals surface area contributed by atoms with E-state index >= 15 is 0 Å². The summed E-state index contributed by atoms with van der Waals surface area (Å²) in [5.41, 5.74) is 0.690. The summed E-state index contributed by atoms with van der Waals surface area (Å²) in [7, 11) is 1.61. The van der Waals surface area contributed by atoms with Gasteiger partial charge in [-0.05, 0) is 32.0 Å². The predicted molar refractivity (Wildman–Crippen MR) is 78.2 cm³/mol. The monoisotopic (exact) mass is 284 g/mol. The third-order valence-corrected chi connectivity index (χ3v) is 3.34. The van der Waals surface area contributed by atoms with Gasteiger partial charge in [-0.25, -0.2) is 0 Å². The number of methoxy groups -OCH3 is 1. The third kappa shape index (κ3) is 3.61. The molecular weight excluding hydrogens is 264 g/mol. The van der Waals surface area contributed by atoms with Crippen molar-refractivity contribution in [2.75, 3.05) is 20.2 Å². The molecule has 1 amide bonds. The van der Waals surface area contributed by atoms with Crippen molar-refractivity contribution in [3.63, 3.8) is 0 Å². The Morgan fingerprint density at radius 1 is 1.42 bits per heavy atom. The lowest BCUT2D eigenvalue weighted by Gasteiger charge is -2.37.